The van der Waals surface area contributed by atoms with Gasteiger partial charge in [0.25, 0.3) is 0 Å². The number of rotatable bonds is 5. The zero-order chi connectivity index (χ0) is 15.6. The highest BCUT2D eigenvalue weighted by Crippen LogP contribution is 2.31. The molecule has 0 saturated heterocycles. The molecular formula is C15H22N2O3S. The summed E-state index contributed by atoms with van der Waals surface area (Å²) >= 11 is 1.62. The van der Waals surface area contributed by atoms with Crippen LogP contribution in [-0.4, -0.2) is 45.0 Å². The van der Waals surface area contributed by atoms with Gasteiger partial charge in [-0.2, -0.15) is 0 Å². The Hall–Kier alpha value is -1.56. The predicted octanol–water partition coefficient (Wildman–Crippen LogP) is 3.02. The Balaban J connectivity index is 2.17. The van der Waals surface area contributed by atoms with Crippen LogP contribution in [0.3, 0.4) is 0 Å². The van der Waals surface area contributed by atoms with Gasteiger partial charge in [-0.1, -0.05) is 6.07 Å². The molecule has 5 nitrogen and oxygen atoms in total. The first kappa shape index (κ1) is 15.8. The van der Waals surface area contributed by atoms with Crippen molar-refractivity contribution in [2.24, 2.45) is 0 Å². The number of carboxylic acid groups (broad SMARTS) is 1. The third-order valence-electron chi connectivity index (χ3n) is 3.47. The van der Waals surface area contributed by atoms with E-state index in [9.17, 15) is 9.59 Å². The molecule has 1 fully saturated rings. The lowest BCUT2D eigenvalue weighted by molar-refractivity contribution is -0.138. The average molecular weight is 310 g/mol. The maximum absolute atomic E-state index is 12.8. The summed E-state index contributed by atoms with van der Waals surface area (Å²) < 4.78 is 0. The van der Waals surface area contributed by atoms with Crippen molar-refractivity contribution in [1.29, 1.82) is 0 Å². The van der Waals surface area contributed by atoms with Crippen LogP contribution < -0.4 is 0 Å². The largest absolute Gasteiger partial charge is 0.480 e. The number of hydrogen-bond acceptors (Lipinski definition) is 3. The molecule has 0 bridgehead atoms. The molecule has 0 unspecified atom stereocenters. The second kappa shape index (κ2) is 6.05. The van der Waals surface area contributed by atoms with E-state index in [1.54, 1.807) is 11.3 Å². The molecule has 0 aliphatic heterocycles. The van der Waals surface area contributed by atoms with Crippen LogP contribution in [0, 0.1) is 0 Å². The number of hydrogen-bond donors (Lipinski definition) is 1. The smallest absolute Gasteiger partial charge is 0.323 e. The van der Waals surface area contributed by atoms with Crippen LogP contribution in [0.25, 0.3) is 0 Å². The van der Waals surface area contributed by atoms with Gasteiger partial charge in [-0.05, 0) is 45.1 Å². The summed E-state index contributed by atoms with van der Waals surface area (Å²) in [4.78, 5) is 28.3. The van der Waals surface area contributed by atoms with Gasteiger partial charge in [0.05, 0.1) is 6.54 Å². The number of carbonyl (C=O) groups is 2. The number of amides is 2. The maximum Gasteiger partial charge on any atom is 0.323 e. The van der Waals surface area contributed by atoms with E-state index in [4.69, 9.17) is 5.11 Å². The third kappa shape index (κ3) is 4.20. The van der Waals surface area contributed by atoms with Gasteiger partial charge in [0.15, 0.2) is 0 Å². The summed E-state index contributed by atoms with van der Waals surface area (Å²) in [6.07, 6.45) is 2.00. The van der Waals surface area contributed by atoms with Crippen molar-refractivity contribution in [3.8, 4) is 0 Å². The van der Waals surface area contributed by atoms with E-state index >= 15 is 0 Å². The first-order valence-electron chi connectivity index (χ1n) is 7.11. The highest BCUT2D eigenvalue weighted by Gasteiger charge is 2.38. The van der Waals surface area contributed by atoms with E-state index < -0.39 is 11.5 Å². The Bertz CT molecular complexity index is 503. The average Bonchev–Trinajstić information content (AvgIpc) is 3.08. The molecule has 116 valence electrons. The minimum atomic E-state index is -0.981. The highest BCUT2D eigenvalue weighted by molar-refractivity contribution is 7.09. The molecule has 6 heteroatoms. The zero-order valence-corrected chi connectivity index (χ0v) is 13.5. The Morgan fingerprint density at radius 1 is 1.38 bits per heavy atom. The van der Waals surface area contributed by atoms with Crippen molar-refractivity contribution in [3.63, 3.8) is 0 Å². The van der Waals surface area contributed by atoms with Gasteiger partial charge in [-0.3, -0.25) is 4.79 Å². The van der Waals surface area contributed by atoms with Gasteiger partial charge < -0.3 is 14.9 Å². The summed E-state index contributed by atoms with van der Waals surface area (Å²) in [5.41, 5.74) is -0.516. The van der Waals surface area contributed by atoms with Gasteiger partial charge >= 0.3 is 12.0 Å². The van der Waals surface area contributed by atoms with Gasteiger partial charge in [0.2, 0.25) is 0 Å². The fourth-order valence-corrected chi connectivity index (χ4v) is 2.89. The molecule has 21 heavy (non-hydrogen) atoms. The van der Waals surface area contributed by atoms with Crippen LogP contribution >= 0.6 is 11.3 Å². The Labute approximate surface area is 129 Å². The topological polar surface area (TPSA) is 60.9 Å². The van der Waals surface area contributed by atoms with Crippen LogP contribution in [0.4, 0.5) is 4.79 Å². The van der Waals surface area contributed by atoms with Crippen molar-refractivity contribution in [1.82, 2.24) is 9.80 Å². The SMILES string of the molecule is CC(C)(C)N(CC(=O)O)C(=O)N(Cc1cccs1)C1CC1. The van der Waals surface area contributed by atoms with Crippen LogP contribution in [0.1, 0.15) is 38.5 Å². The highest BCUT2D eigenvalue weighted by atomic mass is 32.1. The Kier molecular flexibility index (Phi) is 4.56. The van der Waals surface area contributed by atoms with E-state index in [0.29, 0.717) is 6.54 Å². The van der Waals surface area contributed by atoms with Crippen LogP contribution in [0.15, 0.2) is 17.5 Å². The molecule has 1 heterocycles. The number of thiophene rings is 1. The molecule has 1 aromatic heterocycles. The van der Waals surface area contributed by atoms with Crippen LogP contribution in [-0.2, 0) is 11.3 Å². The van der Waals surface area contributed by atoms with E-state index in [-0.39, 0.29) is 18.6 Å². The lowest BCUT2D eigenvalue weighted by Gasteiger charge is -2.38. The lowest BCUT2D eigenvalue weighted by Crippen LogP contribution is -2.54. The normalized spacial score (nSPS) is 14.8. The first-order valence-corrected chi connectivity index (χ1v) is 7.99. The van der Waals surface area contributed by atoms with Gasteiger partial charge in [-0.15, -0.1) is 11.3 Å². The van der Waals surface area contributed by atoms with Crippen molar-refractivity contribution in [2.75, 3.05) is 6.54 Å². The van der Waals surface area contributed by atoms with Gasteiger partial charge in [0, 0.05) is 16.5 Å². The summed E-state index contributed by atoms with van der Waals surface area (Å²) in [6, 6.07) is 4.04. The van der Waals surface area contributed by atoms with Crippen LogP contribution in [0.2, 0.25) is 0 Å². The molecule has 0 aromatic carbocycles. The van der Waals surface area contributed by atoms with Crippen molar-refractivity contribution < 1.29 is 14.7 Å². The van der Waals surface area contributed by atoms with E-state index in [2.05, 4.69) is 0 Å². The minimum absolute atomic E-state index is 0.180. The fraction of sp³-hybridized carbons (Fsp3) is 0.600. The van der Waals surface area contributed by atoms with Gasteiger partial charge in [0.1, 0.15) is 6.54 Å². The summed E-state index contributed by atoms with van der Waals surface area (Å²) in [7, 11) is 0. The molecule has 1 saturated carbocycles. The quantitative estimate of drug-likeness (QED) is 0.909. The Morgan fingerprint density at radius 2 is 2.05 bits per heavy atom. The standard InChI is InChI=1S/C15H22N2O3S/c1-15(2,3)17(10-13(18)19)14(20)16(11-6-7-11)9-12-5-4-8-21-12/h4-5,8,11H,6-7,9-10H2,1-3H3,(H,18,19). The molecule has 1 N–H and O–H groups in total. The molecule has 2 rings (SSSR count). The fourth-order valence-electron chi connectivity index (χ4n) is 2.19. The van der Waals surface area contributed by atoms with Crippen molar-refractivity contribution >= 4 is 23.3 Å². The maximum atomic E-state index is 12.8. The van der Waals surface area contributed by atoms with E-state index in [1.165, 1.54) is 4.90 Å². The minimum Gasteiger partial charge on any atom is -0.480 e. The summed E-state index contributed by atoms with van der Waals surface area (Å²) in [6.45, 7) is 5.89. The van der Waals surface area contributed by atoms with Gasteiger partial charge in [-0.25, -0.2) is 4.79 Å². The number of urea groups is 1. The molecule has 0 atom stereocenters. The molecular weight excluding hydrogens is 288 g/mol. The molecule has 2 amide bonds. The molecule has 0 radical (unpaired) electrons. The molecule has 0 spiro atoms. The van der Waals surface area contributed by atoms with E-state index in [1.807, 2.05) is 43.2 Å². The van der Waals surface area contributed by atoms with Crippen LogP contribution in [0.5, 0.6) is 0 Å². The first-order chi connectivity index (χ1) is 9.79. The number of carboxylic acids is 1. The second-order valence-electron chi connectivity index (χ2n) is 6.37. The van der Waals surface area contributed by atoms with Crippen molar-refractivity contribution in [2.45, 2.75) is 51.7 Å². The third-order valence-corrected chi connectivity index (χ3v) is 4.33. The second-order valence-corrected chi connectivity index (χ2v) is 7.40. The molecule has 1 aliphatic rings. The Morgan fingerprint density at radius 3 is 2.48 bits per heavy atom. The summed E-state index contributed by atoms with van der Waals surface area (Å²) in [5.74, 6) is -0.981. The van der Waals surface area contributed by atoms with Crippen molar-refractivity contribution in [3.05, 3.63) is 22.4 Å². The predicted molar refractivity (Wildman–Crippen MR) is 82.4 cm³/mol. The zero-order valence-electron chi connectivity index (χ0n) is 12.7. The molecule has 1 aromatic rings. The van der Waals surface area contributed by atoms with E-state index in [0.717, 1.165) is 17.7 Å². The number of nitrogens with zero attached hydrogens (tertiary/aromatic N) is 2. The monoisotopic (exact) mass is 310 g/mol. The lowest BCUT2D eigenvalue weighted by atomic mass is 10.1. The summed E-state index contributed by atoms with van der Waals surface area (Å²) in [5, 5.41) is 11.1. The molecule has 1 aliphatic carbocycles. The number of aliphatic carboxylic acids is 1. The number of carbonyl (C=O) groups excluding carboxylic acids is 1.